The van der Waals surface area contributed by atoms with Crippen molar-refractivity contribution in [2.45, 2.75) is 17.7 Å². The van der Waals surface area contributed by atoms with Crippen LogP contribution in [0.15, 0.2) is 29.2 Å². The van der Waals surface area contributed by atoms with Crippen LogP contribution >= 0.6 is 11.8 Å². The molecule has 2 rings (SSSR count). The van der Waals surface area contributed by atoms with Crippen LogP contribution in [0.25, 0.3) is 0 Å². The molecule has 1 fully saturated rings. The standard InChI is InChI=1S/C13H15NO3S/c1-18-10-4-2-9(3-5-10)11(15)14-8-13(6-7-13)12(16)17/h2-5H,6-8H2,1H3,(H,14,15)(H,16,17). The summed E-state index contributed by atoms with van der Waals surface area (Å²) in [6, 6.07) is 7.26. The van der Waals surface area contributed by atoms with Crippen molar-refractivity contribution in [1.82, 2.24) is 5.32 Å². The number of thioether (sulfide) groups is 1. The molecule has 1 aromatic carbocycles. The Hall–Kier alpha value is -1.49. The molecular formula is C13H15NO3S. The quantitative estimate of drug-likeness (QED) is 0.799. The second-order valence-electron chi connectivity index (χ2n) is 4.50. The van der Waals surface area contributed by atoms with Crippen LogP contribution in [0.1, 0.15) is 23.2 Å². The second kappa shape index (κ2) is 5.02. The fraction of sp³-hybridized carbons (Fsp3) is 0.385. The van der Waals surface area contributed by atoms with Crippen molar-refractivity contribution in [2.24, 2.45) is 5.41 Å². The van der Waals surface area contributed by atoms with Gasteiger partial charge in [-0.25, -0.2) is 0 Å². The smallest absolute Gasteiger partial charge is 0.311 e. The molecule has 1 saturated carbocycles. The highest BCUT2D eigenvalue weighted by Crippen LogP contribution is 2.45. The highest BCUT2D eigenvalue weighted by atomic mass is 32.2. The minimum atomic E-state index is -0.819. The van der Waals surface area contributed by atoms with Crippen molar-refractivity contribution in [3.63, 3.8) is 0 Å². The lowest BCUT2D eigenvalue weighted by atomic mass is 10.1. The Bertz CT molecular complexity index is 466. The van der Waals surface area contributed by atoms with Gasteiger partial charge in [0, 0.05) is 17.0 Å². The summed E-state index contributed by atoms with van der Waals surface area (Å²) in [6.07, 6.45) is 3.26. The van der Waals surface area contributed by atoms with Crippen LogP contribution in [-0.2, 0) is 4.79 Å². The van der Waals surface area contributed by atoms with E-state index in [-0.39, 0.29) is 12.5 Å². The van der Waals surface area contributed by atoms with Gasteiger partial charge in [-0.3, -0.25) is 9.59 Å². The molecule has 2 N–H and O–H groups in total. The zero-order chi connectivity index (χ0) is 13.2. The van der Waals surface area contributed by atoms with Crippen LogP contribution in [0.2, 0.25) is 0 Å². The van der Waals surface area contributed by atoms with Crippen molar-refractivity contribution < 1.29 is 14.7 Å². The molecule has 0 aromatic heterocycles. The number of carbonyl (C=O) groups is 2. The Morgan fingerprint density at radius 1 is 1.33 bits per heavy atom. The topological polar surface area (TPSA) is 66.4 Å². The predicted molar refractivity (Wildman–Crippen MR) is 69.9 cm³/mol. The van der Waals surface area contributed by atoms with Gasteiger partial charge in [-0.15, -0.1) is 11.8 Å². The zero-order valence-electron chi connectivity index (χ0n) is 10.1. The number of rotatable bonds is 5. The summed E-state index contributed by atoms with van der Waals surface area (Å²) in [5, 5.41) is 11.7. The van der Waals surface area contributed by atoms with Crippen molar-refractivity contribution in [3.05, 3.63) is 29.8 Å². The summed E-state index contributed by atoms with van der Waals surface area (Å²) in [7, 11) is 0. The number of amides is 1. The van der Waals surface area contributed by atoms with E-state index in [1.807, 2.05) is 18.4 Å². The molecule has 0 bridgehead atoms. The third-order valence-electron chi connectivity index (χ3n) is 3.25. The molecule has 1 aromatic rings. The van der Waals surface area contributed by atoms with E-state index in [1.54, 1.807) is 23.9 Å². The average Bonchev–Trinajstić information content (AvgIpc) is 3.17. The normalized spacial score (nSPS) is 16.1. The lowest BCUT2D eigenvalue weighted by Crippen LogP contribution is -2.34. The van der Waals surface area contributed by atoms with Gasteiger partial charge in [0.15, 0.2) is 0 Å². The van der Waals surface area contributed by atoms with E-state index < -0.39 is 11.4 Å². The summed E-state index contributed by atoms with van der Waals surface area (Å²) in [5.41, 5.74) is -0.150. The van der Waals surface area contributed by atoms with E-state index in [0.717, 1.165) is 4.90 Å². The highest BCUT2D eigenvalue weighted by molar-refractivity contribution is 7.98. The molecule has 1 aliphatic rings. The average molecular weight is 265 g/mol. The van der Waals surface area contributed by atoms with Crippen LogP contribution in [-0.4, -0.2) is 29.8 Å². The van der Waals surface area contributed by atoms with Crippen LogP contribution in [0.3, 0.4) is 0 Å². The first-order valence-electron chi connectivity index (χ1n) is 5.73. The van der Waals surface area contributed by atoms with Crippen molar-refractivity contribution in [3.8, 4) is 0 Å². The minimum absolute atomic E-state index is 0.213. The Labute approximate surface area is 110 Å². The van der Waals surface area contributed by atoms with Gasteiger partial charge in [0.05, 0.1) is 5.41 Å². The fourth-order valence-electron chi connectivity index (χ4n) is 1.71. The van der Waals surface area contributed by atoms with Gasteiger partial charge in [-0.2, -0.15) is 0 Å². The van der Waals surface area contributed by atoms with Gasteiger partial charge in [-0.05, 0) is 43.4 Å². The van der Waals surface area contributed by atoms with Crippen molar-refractivity contribution in [1.29, 1.82) is 0 Å². The van der Waals surface area contributed by atoms with E-state index in [9.17, 15) is 9.59 Å². The fourth-order valence-corrected chi connectivity index (χ4v) is 2.12. The monoisotopic (exact) mass is 265 g/mol. The number of aliphatic carboxylic acids is 1. The van der Waals surface area contributed by atoms with E-state index in [4.69, 9.17) is 5.11 Å². The summed E-state index contributed by atoms with van der Waals surface area (Å²) in [6.45, 7) is 0.214. The summed E-state index contributed by atoms with van der Waals surface area (Å²) >= 11 is 1.61. The molecule has 1 aliphatic carbocycles. The Morgan fingerprint density at radius 2 is 1.94 bits per heavy atom. The Morgan fingerprint density at radius 3 is 2.39 bits per heavy atom. The molecule has 0 spiro atoms. The van der Waals surface area contributed by atoms with Gasteiger partial charge in [-0.1, -0.05) is 0 Å². The maximum atomic E-state index is 11.8. The number of hydrogen-bond donors (Lipinski definition) is 2. The third-order valence-corrected chi connectivity index (χ3v) is 3.99. The first-order chi connectivity index (χ1) is 8.57. The molecule has 5 heteroatoms. The molecule has 4 nitrogen and oxygen atoms in total. The molecule has 0 unspecified atom stereocenters. The Kier molecular flexibility index (Phi) is 3.61. The molecule has 0 atom stereocenters. The van der Waals surface area contributed by atoms with Crippen molar-refractivity contribution >= 4 is 23.6 Å². The van der Waals surface area contributed by atoms with Gasteiger partial charge in [0.1, 0.15) is 0 Å². The molecule has 1 amide bonds. The van der Waals surface area contributed by atoms with Gasteiger partial charge in [0.2, 0.25) is 0 Å². The zero-order valence-corrected chi connectivity index (χ0v) is 10.9. The maximum absolute atomic E-state index is 11.8. The van der Waals surface area contributed by atoms with Crippen LogP contribution in [0.5, 0.6) is 0 Å². The van der Waals surface area contributed by atoms with Crippen molar-refractivity contribution in [2.75, 3.05) is 12.8 Å². The van der Waals surface area contributed by atoms with Crippen LogP contribution < -0.4 is 5.32 Å². The molecular weight excluding hydrogens is 250 g/mol. The second-order valence-corrected chi connectivity index (χ2v) is 5.38. The number of nitrogens with one attached hydrogen (secondary N) is 1. The summed E-state index contributed by atoms with van der Waals surface area (Å²) < 4.78 is 0. The minimum Gasteiger partial charge on any atom is -0.481 e. The summed E-state index contributed by atoms with van der Waals surface area (Å²) in [5.74, 6) is -1.03. The molecule has 96 valence electrons. The maximum Gasteiger partial charge on any atom is 0.311 e. The van der Waals surface area contributed by atoms with E-state index in [0.29, 0.717) is 18.4 Å². The molecule has 0 radical (unpaired) electrons. The van der Waals surface area contributed by atoms with E-state index in [1.165, 1.54) is 0 Å². The first kappa shape index (κ1) is 13.0. The van der Waals surface area contributed by atoms with E-state index >= 15 is 0 Å². The lowest BCUT2D eigenvalue weighted by Gasteiger charge is -2.11. The Balaban J connectivity index is 1.93. The van der Waals surface area contributed by atoms with E-state index in [2.05, 4.69) is 5.32 Å². The van der Waals surface area contributed by atoms with Gasteiger partial charge < -0.3 is 10.4 Å². The SMILES string of the molecule is CSc1ccc(C(=O)NCC2(C(=O)O)CC2)cc1. The molecule has 18 heavy (non-hydrogen) atoms. The molecule has 0 saturated heterocycles. The van der Waals surface area contributed by atoms with Gasteiger partial charge in [0.25, 0.3) is 5.91 Å². The molecule has 0 heterocycles. The first-order valence-corrected chi connectivity index (χ1v) is 6.95. The number of hydrogen-bond acceptors (Lipinski definition) is 3. The van der Waals surface area contributed by atoms with Crippen LogP contribution in [0, 0.1) is 5.41 Å². The van der Waals surface area contributed by atoms with Gasteiger partial charge >= 0.3 is 5.97 Å². The lowest BCUT2D eigenvalue weighted by molar-refractivity contribution is -0.143. The third kappa shape index (κ3) is 2.67. The number of carboxylic acid groups (broad SMARTS) is 1. The predicted octanol–water partition coefficient (Wildman–Crippen LogP) is 2.00. The highest BCUT2D eigenvalue weighted by Gasteiger charge is 2.50. The van der Waals surface area contributed by atoms with Crippen LogP contribution in [0.4, 0.5) is 0 Å². The number of carbonyl (C=O) groups excluding carboxylic acids is 1. The number of carboxylic acids is 1. The largest absolute Gasteiger partial charge is 0.481 e. The molecule has 0 aliphatic heterocycles. The summed E-state index contributed by atoms with van der Waals surface area (Å²) in [4.78, 5) is 23.9. The number of benzene rings is 1.